The van der Waals surface area contributed by atoms with Crippen molar-refractivity contribution in [1.82, 2.24) is 0 Å². The normalized spacial score (nSPS) is 11.0. The van der Waals surface area contributed by atoms with Gasteiger partial charge in [0.15, 0.2) is 5.43 Å². The van der Waals surface area contributed by atoms with Crippen LogP contribution in [0.25, 0.3) is 11.0 Å². The van der Waals surface area contributed by atoms with Gasteiger partial charge in [-0.3, -0.25) is 4.79 Å². The van der Waals surface area contributed by atoms with Crippen LogP contribution in [0, 0.1) is 13.8 Å². The van der Waals surface area contributed by atoms with E-state index < -0.39 is 12.0 Å². The first-order chi connectivity index (χ1) is 7.97. The zero-order valence-electron chi connectivity index (χ0n) is 9.44. The highest BCUT2D eigenvalue weighted by molar-refractivity contribution is 5.89. The number of hydrogen-bond acceptors (Lipinski definition) is 5. The van der Waals surface area contributed by atoms with Gasteiger partial charge in [-0.25, -0.2) is 0 Å². The first-order valence-electron chi connectivity index (χ1n) is 5.06. The number of rotatable bonds is 1. The van der Waals surface area contributed by atoms with Gasteiger partial charge in [0.1, 0.15) is 34.8 Å². The Morgan fingerprint density at radius 2 is 1.82 bits per heavy atom. The highest BCUT2D eigenvalue weighted by Crippen LogP contribution is 2.37. The average Bonchev–Trinajstić information content (AvgIpc) is 2.32. The molecular formula is C12H12O5. The number of phenols is 2. The molecule has 5 heteroatoms. The molecule has 0 aliphatic rings. The Labute approximate surface area is 96.6 Å². The molecule has 1 aromatic heterocycles. The molecule has 1 heterocycles. The summed E-state index contributed by atoms with van der Waals surface area (Å²) in [5.74, 6) is -0.317. The van der Waals surface area contributed by atoms with E-state index in [1.165, 1.54) is 6.92 Å². The Balaban J connectivity index is 3.06. The molecule has 0 saturated heterocycles. The fraction of sp³-hybridized carbons (Fsp3) is 0.250. The van der Waals surface area contributed by atoms with Gasteiger partial charge in [-0.1, -0.05) is 0 Å². The van der Waals surface area contributed by atoms with Crippen molar-refractivity contribution in [3.63, 3.8) is 0 Å². The van der Waals surface area contributed by atoms with Crippen LogP contribution in [0.5, 0.6) is 11.5 Å². The summed E-state index contributed by atoms with van der Waals surface area (Å²) in [7, 11) is 0. The zero-order chi connectivity index (χ0) is 12.7. The number of hydrogen-bond donors (Lipinski definition) is 3. The van der Waals surface area contributed by atoms with E-state index in [1.807, 2.05) is 0 Å². The molecule has 17 heavy (non-hydrogen) atoms. The molecule has 2 rings (SSSR count). The second kappa shape index (κ2) is 3.78. The molecule has 0 atom stereocenters. The molecule has 0 saturated carbocycles. The van der Waals surface area contributed by atoms with Crippen molar-refractivity contribution in [2.45, 2.75) is 20.5 Å². The summed E-state index contributed by atoms with van der Waals surface area (Å²) in [4.78, 5) is 11.8. The Hall–Kier alpha value is -2.01. The molecule has 3 N–H and O–H groups in total. The summed E-state index contributed by atoms with van der Waals surface area (Å²) in [6.45, 7) is 2.67. The fourth-order valence-electron chi connectivity index (χ4n) is 1.80. The number of aryl methyl sites for hydroxylation is 1. The Morgan fingerprint density at radius 3 is 2.41 bits per heavy atom. The highest BCUT2D eigenvalue weighted by Gasteiger charge is 2.18. The largest absolute Gasteiger partial charge is 0.507 e. The van der Waals surface area contributed by atoms with E-state index in [4.69, 9.17) is 9.52 Å². The maximum atomic E-state index is 11.8. The predicted octanol–water partition coefficient (Wildman–Crippen LogP) is 1.31. The smallest absolute Gasteiger partial charge is 0.196 e. The lowest BCUT2D eigenvalue weighted by atomic mass is 10.0. The van der Waals surface area contributed by atoms with Gasteiger partial charge < -0.3 is 19.7 Å². The van der Waals surface area contributed by atoms with Gasteiger partial charge >= 0.3 is 0 Å². The average molecular weight is 236 g/mol. The minimum absolute atomic E-state index is 0.0231. The summed E-state index contributed by atoms with van der Waals surface area (Å²) < 4.78 is 5.27. The Morgan fingerprint density at radius 1 is 1.18 bits per heavy atom. The van der Waals surface area contributed by atoms with E-state index in [-0.39, 0.29) is 33.8 Å². The number of aliphatic hydroxyl groups is 1. The summed E-state index contributed by atoms with van der Waals surface area (Å²) in [6.07, 6.45) is 0. The molecule has 5 nitrogen and oxygen atoms in total. The van der Waals surface area contributed by atoms with E-state index in [2.05, 4.69) is 0 Å². The first-order valence-corrected chi connectivity index (χ1v) is 5.06. The highest BCUT2D eigenvalue weighted by atomic mass is 16.4. The molecule has 0 aliphatic carbocycles. The molecule has 90 valence electrons. The van der Waals surface area contributed by atoms with Crippen LogP contribution in [0.3, 0.4) is 0 Å². The molecule has 0 radical (unpaired) electrons. The number of benzene rings is 1. The molecule has 0 unspecified atom stereocenters. The molecular weight excluding hydrogens is 224 g/mol. The van der Waals surface area contributed by atoms with Crippen LogP contribution in [-0.2, 0) is 6.61 Å². The van der Waals surface area contributed by atoms with Gasteiger partial charge in [0.25, 0.3) is 0 Å². The summed E-state index contributed by atoms with van der Waals surface area (Å²) in [6, 6.07) is 1.12. The molecule has 0 spiro atoms. The van der Waals surface area contributed by atoms with Crippen molar-refractivity contribution < 1.29 is 19.7 Å². The molecule has 0 aliphatic heterocycles. The van der Waals surface area contributed by atoms with Crippen molar-refractivity contribution in [3.8, 4) is 11.5 Å². The summed E-state index contributed by atoms with van der Waals surface area (Å²) in [5, 5.41) is 28.6. The standard InChI is InChI=1S/C12H12O5/c1-5-10(15)6(2)12-9(11(5)16)8(14)3-7(4-13)17-12/h3,13,15-16H,4H2,1-2H3. The summed E-state index contributed by atoms with van der Waals surface area (Å²) in [5.41, 5.74) is 0.253. The quantitative estimate of drug-likeness (QED) is 0.694. The van der Waals surface area contributed by atoms with Crippen LogP contribution in [0.15, 0.2) is 15.3 Å². The molecule has 2 aromatic rings. The minimum Gasteiger partial charge on any atom is -0.507 e. The third kappa shape index (κ3) is 1.55. The SMILES string of the molecule is Cc1c(O)c(C)c2oc(CO)cc(=O)c2c1O. The van der Waals surface area contributed by atoms with Crippen molar-refractivity contribution in [2.75, 3.05) is 0 Å². The van der Waals surface area contributed by atoms with Gasteiger partial charge in [-0.2, -0.15) is 0 Å². The van der Waals surface area contributed by atoms with E-state index in [9.17, 15) is 15.0 Å². The van der Waals surface area contributed by atoms with E-state index in [0.29, 0.717) is 5.56 Å². The number of fused-ring (bicyclic) bond motifs is 1. The second-order valence-electron chi connectivity index (χ2n) is 3.89. The Kier molecular flexibility index (Phi) is 2.55. The van der Waals surface area contributed by atoms with Crippen LogP contribution >= 0.6 is 0 Å². The fourth-order valence-corrected chi connectivity index (χ4v) is 1.80. The molecule has 1 aromatic carbocycles. The van der Waals surface area contributed by atoms with E-state index in [0.717, 1.165) is 6.07 Å². The predicted molar refractivity (Wildman–Crippen MR) is 61.2 cm³/mol. The summed E-state index contributed by atoms with van der Waals surface area (Å²) >= 11 is 0. The van der Waals surface area contributed by atoms with Crippen LogP contribution in [0.2, 0.25) is 0 Å². The minimum atomic E-state index is -0.445. The monoisotopic (exact) mass is 236 g/mol. The van der Waals surface area contributed by atoms with Crippen molar-refractivity contribution >= 4 is 11.0 Å². The van der Waals surface area contributed by atoms with Crippen molar-refractivity contribution in [3.05, 3.63) is 33.2 Å². The number of phenolic OH excluding ortho intramolecular Hbond substituents is 2. The topological polar surface area (TPSA) is 90.9 Å². The van der Waals surface area contributed by atoms with Gasteiger partial charge in [0.2, 0.25) is 0 Å². The third-order valence-electron chi connectivity index (χ3n) is 2.80. The molecule has 0 fully saturated rings. The lowest BCUT2D eigenvalue weighted by Crippen LogP contribution is -2.04. The van der Waals surface area contributed by atoms with Crippen LogP contribution in [0.4, 0.5) is 0 Å². The Bertz CT molecular complexity index is 654. The van der Waals surface area contributed by atoms with Gasteiger partial charge in [-0.05, 0) is 13.8 Å². The van der Waals surface area contributed by atoms with Crippen LogP contribution in [-0.4, -0.2) is 15.3 Å². The van der Waals surface area contributed by atoms with Gasteiger partial charge in [0, 0.05) is 17.2 Å². The van der Waals surface area contributed by atoms with Crippen LogP contribution in [0.1, 0.15) is 16.9 Å². The third-order valence-corrected chi connectivity index (χ3v) is 2.80. The van der Waals surface area contributed by atoms with E-state index >= 15 is 0 Å². The van der Waals surface area contributed by atoms with Crippen LogP contribution < -0.4 is 5.43 Å². The first kappa shape index (κ1) is 11.5. The van der Waals surface area contributed by atoms with E-state index in [1.54, 1.807) is 6.92 Å². The lowest BCUT2D eigenvalue weighted by Gasteiger charge is -2.10. The molecule has 0 bridgehead atoms. The molecule has 0 amide bonds. The second-order valence-corrected chi connectivity index (χ2v) is 3.89. The van der Waals surface area contributed by atoms with Crippen molar-refractivity contribution in [2.24, 2.45) is 0 Å². The number of aromatic hydroxyl groups is 2. The number of aliphatic hydroxyl groups excluding tert-OH is 1. The van der Waals surface area contributed by atoms with Crippen molar-refractivity contribution in [1.29, 1.82) is 0 Å². The lowest BCUT2D eigenvalue weighted by molar-refractivity contribution is 0.248. The maximum absolute atomic E-state index is 11.8. The van der Waals surface area contributed by atoms with Gasteiger partial charge in [-0.15, -0.1) is 0 Å². The zero-order valence-corrected chi connectivity index (χ0v) is 9.44. The maximum Gasteiger partial charge on any atom is 0.196 e. The van der Waals surface area contributed by atoms with Gasteiger partial charge in [0.05, 0.1) is 0 Å².